The van der Waals surface area contributed by atoms with Crippen LogP contribution in [0.1, 0.15) is 18.9 Å². The van der Waals surface area contributed by atoms with Crippen LogP contribution < -0.4 is 11.1 Å². The van der Waals surface area contributed by atoms with E-state index >= 15 is 0 Å². The van der Waals surface area contributed by atoms with Crippen molar-refractivity contribution in [1.82, 2.24) is 0 Å². The number of benzene rings is 1. The molecule has 78 valence electrons. The van der Waals surface area contributed by atoms with Gasteiger partial charge in [0.2, 0.25) is 0 Å². The summed E-state index contributed by atoms with van der Waals surface area (Å²) in [6.07, 6.45) is 2.75. The first-order valence-electron chi connectivity index (χ1n) is 4.84. The molecule has 1 atom stereocenters. The van der Waals surface area contributed by atoms with E-state index in [1.807, 2.05) is 18.2 Å². The highest BCUT2D eigenvalue weighted by atomic mass is 14.9. The molecule has 3 heteroatoms. The van der Waals surface area contributed by atoms with Gasteiger partial charge >= 0.3 is 0 Å². The normalized spacial score (nSPS) is 11.5. The zero-order valence-corrected chi connectivity index (χ0v) is 8.83. The highest BCUT2D eigenvalue weighted by Gasteiger charge is 2.02. The van der Waals surface area contributed by atoms with E-state index in [-0.39, 0.29) is 0 Å². The van der Waals surface area contributed by atoms with Gasteiger partial charge in [-0.2, -0.15) is 5.26 Å². The number of hydrogen-bond donors (Lipinski definition) is 2. The van der Waals surface area contributed by atoms with Crippen LogP contribution in [0.3, 0.4) is 0 Å². The molecule has 0 aliphatic heterocycles. The van der Waals surface area contributed by atoms with Crippen molar-refractivity contribution in [1.29, 1.82) is 5.26 Å². The van der Waals surface area contributed by atoms with E-state index in [1.54, 1.807) is 12.1 Å². The van der Waals surface area contributed by atoms with Crippen molar-refractivity contribution in [2.24, 2.45) is 0 Å². The second kappa shape index (κ2) is 5.06. The molecule has 0 heterocycles. The molecule has 3 N–H and O–H groups in total. The lowest BCUT2D eigenvalue weighted by Gasteiger charge is -2.13. The summed E-state index contributed by atoms with van der Waals surface area (Å²) in [5.74, 6) is 0. The van der Waals surface area contributed by atoms with Gasteiger partial charge in [0, 0.05) is 11.7 Å². The second-order valence-electron chi connectivity index (χ2n) is 3.48. The number of nitrogens with one attached hydrogen (secondary N) is 1. The molecule has 0 radical (unpaired) electrons. The Morgan fingerprint density at radius 1 is 1.67 bits per heavy atom. The fraction of sp³-hybridized carbons (Fsp3) is 0.250. The molecule has 1 unspecified atom stereocenters. The lowest BCUT2D eigenvalue weighted by atomic mass is 10.1. The SMILES string of the molecule is C=CCC(C)Nc1ccc(C#N)c(N)c1. The molecule has 0 fully saturated rings. The molecule has 0 amide bonds. The molecule has 3 nitrogen and oxygen atoms in total. The van der Waals surface area contributed by atoms with E-state index in [0.717, 1.165) is 12.1 Å². The standard InChI is InChI=1S/C12H15N3/c1-3-4-9(2)15-11-6-5-10(8-13)12(14)7-11/h3,5-7,9,15H,1,4,14H2,2H3. The van der Waals surface area contributed by atoms with Gasteiger partial charge < -0.3 is 11.1 Å². The van der Waals surface area contributed by atoms with E-state index in [9.17, 15) is 0 Å². The molecule has 0 bridgehead atoms. The van der Waals surface area contributed by atoms with Gasteiger partial charge in [0.25, 0.3) is 0 Å². The van der Waals surface area contributed by atoms with Gasteiger partial charge in [0.1, 0.15) is 6.07 Å². The largest absolute Gasteiger partial charge is 0.398 e. The van der Waals surface area contributed by atoms with Crippen LogP contribution in [0, 0.1) is 11.3 Å². The molecular weight excluding hydrogens is 186 g/mol. The lowest BCUT2D eigenvalue weighted by Crippen LogP contribution is -2.13. The van der Waals surface area contributed by atoms with E-state index in [1.165, 1.54) is 0 Å². The minimum absolute atomic E-state index is 0.315. The molecule has 15 heavy (non-hydrogen) atoms. The quantitative estimate of drug-likeness (QED) is 0.581. The molecule has 0 aromatic heterocycles. The topological polar surface area (TPSA) is 61.8 Å². The number of nitrogen functional groups attached to an aromatic ring is 1. The van der Waals surface area contributed by atoms with E-state index in [4.69, 9.17) is 11.0 Å². The Bertz CT molecular complexity index is 390. The molecule has 0 spiro atoms. The maximum atomic E-state index is 8.71. The number of nitriles is 1. The van der Waals surface area contributed by atoms with E-state index < -0.39 is 0 Å². The summed E-state index contributed by atoms with van der Waals surface area (Å²) in [6.45, 7) is 5.75. The smallest absolute Gasteiger partial charge is 0.101 e. The Kier molecular flexibility index (Phi) is 3.75. The van der Waals surface area contributed by atoms with Gasteiger partial charge in [0.15, 0.2) is 0 Å². The van der Waals surface area contributed by atoms with Crippen molar-refractivity contribution in [3.05, 3.63) is 36.4 Å². The second-order valence-corrected chi connectivity index (χ2v) is 3.48. The zero-order chi connectivity index (χ0) is 11.3. The van der Waals surface area contributed by atoms with Crippen molar-refractivity contribution in [2.75, 3.05) is 11.1 Å². The van der Waals surface area contributed by atoms with Gasteiger partial charge in [-0.25, -0.2) is 0 Å². The fourth-order valence-corrected chi connectivity index (χ4v) is 1.35. The Balaban J connectivity index is 2.76. The summed E-state index contributed by atoms with van der Waals surface area (Å²) >= 11 is 0. The molecule has 0 aliphatic rings. The minimum Gasteiger partial charge on any atom is -0.398 e. The Hall–Kier alpha value is -1.95. The Morgan fingerprint density at radius 2 is 2.40 bits per heavy atom. The first-order chi connectivity index (χ1) is 7.17. The summed E-state index contributed by atoms with van der Waals surface area (Å²) in [5.41, 5.74) is 7.65. The van der Waals surface area contributed by atoms with Crippen LogP contribution in [0.25, 0.3) is 0 Å². The van der Waals surface area contributed by atoms with Gasteiger partial charge in [-0.3, -0.25) is 0 Å². The van der Waals surface area contributed by atoms with Crippen molar-refractivity contribution in [3.63, 3.8) is 0 Å². The van der Waals surface area contributed by atoms with Crippen molar-refractivity contribution >= 4 is 11.4 Å². The van der Waals surface area contributed by atoms with Crippen LogP contribution in [0.2, 0.25) is 0 Å². The van der Waals surface area contributed by atoms with Crippen LogP contribution in [0.15, 0.2) is 30.9 Å². The molecule has 0 saturated carbocycles. The molecule has 1 aromatic carbocycles. The van der Waals surface area contributed by atoms with Crippen LogP contribution in [0.5, 0.6) is 0 Å². The lowest BCUT2D eigenvalue weighted by molar-refractivity contribution is 0.814. The summed E-state index contributed by atoms with van der Waals surface area (Å²) < 4.78 is 0. The average Bonchev–Trinajstić information content (AvgIpc) is 2.18. The predicted octanol–water partition coefficient (Wildman–Crippen LogP) is 2.52. The summed E-state index contributed by atoms with van der Waals surface area (Å²) in [7, 11) is 0. The van der Waals surface area contributed by atoms with Crippen molar-refractivity contribution in [2.45, 2.75) is 19.4 Å². The average molecular weight is 201 g/mol. The van der Waals surface area contributed by atoms with Crippen molar-refractivity contribution in [3.8, 4) is 6.07 Å². The third-order valence-corrected chi connectivity index (χ3v) is 2.11. The van der Waals surface area contributed by atoms with E-state index in [0.29, 0.717) is 17.3 Å². The first-order valence-corrected chi connectivity index (χ1v) is 4.84. The third-order valence-electron chi connectivity index (χ3n) is 2.11. The zero-order valence-electron chi connectivity index (χ0n) is 8.83. The van der Waals surface area contributed by atoms with Gasteiger partial charge in [-0.15, -0.1) is 6.58 Å². The van der Waals surface area contributed by atoms with Crippen LogP contribution in [0.4, 0.5) is 11.4 Å². The third kappa shape index (κ3) is 3.03. The Labute approximate surface area is 90.2 Å². The van der Waals surface area contributed by atoms with Gasteiger partial charge in [-0.05, 0) is 31.5 Å². The highest BCUT2D eigenvalue weighted by Crippen LogP contribution is 2.18. The first kappa shape index (κ1) is 11.1. The number of rotatable bonds is 4. The summed E-state index contributed by atoms with van der Waals surface area (Å²) in [5, 5.41) is 12.0. The van der Waals surface area contributed by atoms with Gasteiger partial charge in [-0.1, -0.05) is 6.08 Å². The number of nitrogens with zero attached hydrogens (tertiary/aromatic N) is 1. The number of hydrogen-bond acceptors (Lipinski definition) is 3. The molecule has 1 aromatic rings. The highest BCUT2D eigenvalue weighted by molar-refractivity contribution is 5.62. The molecule has 1 rings (SSSR count). The maximum Gasteiger partial charge on any atom is 0.101 e. The van der Waals surface area contributed by atoms with E-state index in [2.05, 4.69) is 18.8 Å². The maximum absolute atomic E-state index is 8.71. The fourth-order valence-electron chi connectivity index (χ4n) is 1.35. The monoisotopic (exact) mass is 201 g/mol. The number of nitrogens with two attached hydrogens (primary N) is 1. The number of anilines is 2. The van der Waals surface area contributed by atoms with Crippen LogP contribution in [-0.4, -0.2) is 6.04 Å². The van der Waals surface area contributed by atoms with Crippen LogP contribution >= 0.6 is 0 Å². The predicted molar refractivity (Wildman–Crippen MR) is 63.5 cm³/mol. The molecule has 0 saturated heterocycles. The minimum atomic E-state index is 0.315. The summed E-state index contributed by atoms with van der Waals surface area (Å²) in [6, 6.07) is 7.70. The molecular formula is C12H15N3. The van der Waals surface area contributed by atoms with Gasteiger partial charge in [0.05, 0.1) is 11.3 Å². The molecule has 0 aliphatic carbocycles. The summed E-state index contributed by atoms with van der Waals surface area (Å²) in [4.78, 5) is 0. The Morgan fingerprint density at radius 3 is 2.93 bits per heavy atom. The van der Waals surface area contributed by atoms with Crippen LogP contribution in [-0.2, 0) is 0 Å². The van der Waals surface area contributed by atoms with Crippen molar-refractivity contribution < 1.29 is 0 Å².